The summed E-state index contributed by atoms with van der Waals surface area (Å²) in [5.41, 5.74) is -0.738. The standard InChI is InChI=1S/C14H14F4N2/c1-2-5-20-6-3-9(4-7-20)19-14-12(17)10(15)8-11(16)13(14)18/h1,8-9,19H,3-7H2. The Morgan fingerprint density at radius 1 is 1.15 bits per heavy atom. The highest BCUT2D eigenvalue weighted by molar-refractivity contribution is 5.48. The van der Waals surface area contributed by atoms with Crippen molar-refractivity contribution in [1.82, 2.24) is 4.90 Å². The van der Waals surface area contributed by atoms with Gasteiger partial charge in [0.2, 0.25) is 0 Å². The molecule has 1 aliphatic heterocycles. The first-order valence-corrected chi connectivity index (χ1v) is 6.28. The van der Waals surface area contributed by atoms with Crippen LogP contribution in [0.5, 0.6) is 0 Å². The average molecular weight is 286 g/mol. The smallest absolute Gasteiger partial charge is 0.185 e. The van der Waals surface area contributed by atoms with Gasteiger partial charge in [0.25, 0.3) is 0 Å². The Bertz CT molecular complexity index is 505. The van der Waals surface area contributed by atoms with Crippen LogP contribution in [0.1, 0.15) is 12.8 Å². The molecule has 0 radical (unpaired) electrons. The van der Waals surface area contributed by atoms with Gasteiger partial charge in [-0.25, -0.2) is 17.6 Å². The summed E-state index contributed by atoms with van der Waals surface area (Å²) < 4.78 is 53.2. The third kappa shape index (κ3) is 3.05. The first-order chi connectivity index (χ1) is 9.52. The highest BCUT2D eigenvalue weighted by Crippen LogP contribution is 2.26. The molecule has 0 atom stereocenters. The fourth-order valence-corrected chi connectivity index (χ4v) is 2.27. The number of piperidine rings is 1. The number of benzene rings is 1. The summed E-state index contributed by atoms with van der Waals surface area (Å²) in [5, 5.41) is 2.55. The maximum absolute atomic E-state index is 13.5. The van der Waals surface area contributed by atoms with E-state index in [1.54, 1.807) is 0 Å². The lowest BCUT2D eigenvalue weighted by Crippen LogP contribution is -2.39. The molecule has 1 aliphatic rings. The topological polar surface area (TPSA) is 15.3 Å². The second-order valence-electron chi connectivity index (χ2n) is 4.74. The lowest BCUT2D eigenvalue weighted by atomic mass is 10.0. The van der Waals surface area contributed by atoms with Gasteiger partial charge in [0.15, 0.2) is 23.3 Å². The Hall–Kier alpha value is -1.74. The number of likely N-dealkylation sites (tertiary alicyclic amines) is 1. The van der Waals surface area contributed by atoms with Crippen molar-refractivity contribution in [2.75, 3.05) is 25.0 Å². The van der Waals surface area contributed by atoms with Crippen LogP contribution in [0.15, 0.2) is 6.07 Å². The molecule has 20 heavy (non-hydrogen) atoms. The van der Waals surface area contributed by atoms with E-state index < -0.39 is 29.0 Å². The van der Waals surface area contributed by atoms with Gasteiger partial charge in [-0.3, -0.25) is 4.90 Å². The van der Waals surface area contributed by atoms with Gasteiger partial charge in [0, 0.05) is 25.2 Å². The van der Waals surface area contributed by atoms with E-state index in [1.807, 2.05) is 4.90 Å². The zero-order valence-corrected chi connectivity index (χ0v) is 10.7. The summed E-state index contributed by atoms with van der Waals surface area (Å²) in [6.45, 7) is 1.86. The minimum absolute atomic E-state index is 0.200. The molecule has 0 aromatic heterocycles. The maximum Gasteiger partial charge on any atom is 0.185 e. The van der Waals surface area contributed by atoms with E-state index in [9.17, 15) is 17.6 Å². The fourth-order valence-electron chi connectivity index (χ4n) is 2.27. The van der Waals surface area contributed by atoms with E-state index in [-0.39, 0.29) is 12.1 Å². The Morgan fingerprint density at radius 2 is 1.70 bits per heavy atom. The van der Waals surface area contributed by atoms with Gasteiger partial charge >= 0.3 is 0 Å². The lowest BCUT2D eigenvalue weighted by Gasteiger charge is -2.31. The molecule has 0 saturated carbocycles. The first-order valence-electron chi connectivity index (χ1n) is 6.28. The van der Waals surface area contributed by atoms with Gasteiger partial charge in [-0.15, -0.1) is 6.42 Å². The molecule has 1 aromatic rings. The molecule has 1 heterocycles. The van der Waals surface area contributed by atoms with Gasteiger partial charge < -0.3 is 5.32 Å². The van der Waals surface area contributed by atoms with E-state index >= 15 is 0 Å². The number of hydrogen-bond donors (Lipinski definition) is 1. The molecule has 0 unspecified atom stereocenters. The zero-order chi connectivity index (χ0) is 14.7. The van der Waals surface area contributed by atoms with Crippen LogP contribution < -0.4 is 5.32 Å². The predicted molar refractivity (Wildman–Crippen MR) is 68.2 cm³/mol. The lowest BCUT2D eigenvalue weighted by molar-refractivity contribution is 0.243. The van der Waals surface area contributed by atoms with E-state index in [2.05, 4.69) is 11.2 Å². The number of nitrogens with one attached hydrogen (secondary N) is 1. The van der Waals surface area contributed by atoms with Crippen LogP contribution in [0.3, 0.4) is 0 Å². The van der Waals surface area contributed by atoms with Gasteiger partial charge in [-0.1, -0.05) is 5.92 Å². The van der Waals surface area contributed by atoms with Gasteiger partial charge in [0.05, 0.1) is 6.54 Å². The predicted octanol–water partition coefficient (Wildman–Crippen LogP) is 2.75. The largest absolute Gasteiger partial charge is 0.377 e. The summed E-state index contributed by atoms with van der Waals surface area (Å²) >= 11 is 0. The van der Waals surface area contributed by atoms with Crippen molar-refractivity contribution in [1.29, 1.82) is 0 Å². The first kappa shape index (κ1) is 14.7. The number of terminal acetylenes is 1. The molecule has 0 amide bonds. The highest BCUT2D eigenvalue weighted by Gasteiger charge is 2.24. The molecule has 2 nitrogen and oxygen atoms in total. The Balaban J connectivity index is 2.07. The molecular formula is C14H14F4N2. The molecule has 0 aliphatic carbocycles. The van der Waals surface area contributed by atoms with Crippen molar-refractivity contribution in [2.45, 2.75) is 18.9 Å². The number of anilines is 1. The minimum Gasteiger partial charge on any atom is -0.377 e. The molecule has 1 N–H and O–H groups in total. The Labute approximate surface area is 114 Å². The van der Waals surface area contributed by atoms with E-state index in [0.717, 1.165) is 0 Å². The van der Waals surface area contributed by atoms with E-state index in [1.165, 1.54) is 0 Å². The molecule has 1 saturated heterocycles. The van der Waals surface area contributed by atoms with Crippen molar-refractivity contribution in [3.63, 3.8) is 0 Å². The van der Waals surface area contributed by atoms with Crippen LogP contribution in [-0.4, -0.2) is 30.6 Å². The molecule has 1 aromatic carbocycles. The molecule has 6 heteroatoms. The minimum atomic E-state index is -1.41. The third-order valence-electron chi connectivity index (χ3n) is 3.36. The molecular weight excluding hydrogens is 272 g/mol. The van der Waals surface area contributed by atoms with Crippen LogP contribution in [0.25, 0.3) is 0 Å². The monoisotopic (exact) mass is 286 g/mol. The summed E-state index contributed by atoms with van der Waals surface area (Å²) in [4.78, 5) is 2.02. The van der Waals surface area contributed by atoms with Gasteiger partial charge in [-0.2, -0.15) is 0 Å². The Morgan fingerprint density at radius 3 is 2.20 bits per heavy atom. The number of rotatable bonds is 3. The number of nitrogens with zero attached hydrogens (tertiary/aromatic N) is 1. The van der Waals surface area contributed by atoms with E-state index in [0.29, 0.717) is 32.5 Å². The van der Waals surface area contributed by atoms with E-state index in [4.69, 9.17) is 6.42 Å². The molecule has 108 valence electrons. The summed E-state index contributed by atoms with van der Waals surface area (Å²) in [6.07, 6.45) is 6.39. The van der Waals surface area contributed by atoms with Crippen LogP contribution in [-0.2, 0) is 0 Å². The summed E-state index contributed by atoms with van der Waals surface area (Å²) in [6, 6.07) is -0.0417. The zero-order valence-electron chi connectivity index (χ0n) is 10.7. The molecule has 2 rings (SSSR count). The van der Waals surface area contributed by atoms with Crippen LogP contribution in [0, 0.1) is 35.6 Å². The second-order valence-corrected chi connectivity index (χ2v) is 4.74. The maximum atomic E-state index is 13.5. The van der Waals surface area contributed by atoms with Crippen molar-refractivity contribution < 1.29 is 17.6 Å². The van der Waals surface area contributed by atoms with Crippen molar-refractivity contribution >= 4 is 5.69 Å². The Kier molecular flexibility index (Phi) is 4.50. The van der Waals surface area contributed by atoms with Crippen LogP contribution in [0.4, 0.5) is 23.2 Å². The second kappa shape index (κ2) is 6.14. The van der Waals surface area contributed by atoms with Gasteiger partial charge in [-0.05, 0) is 12.8 Å². The van der Waals surface area contributed by atoms with Crippen molar-refractivity contribution in [2.24, 2.45) is 0 Å². The quantitative estimate of drug-likeness (QED) is 0.522. The SMILES string of the molecule is C#CCN1CCC(Nc2c(F)c(F)cc(F)c2F)CC1. The third-order valence-corrected chi connectivity index (χ3v) is 3.36. The highest BCUT2D eigenvalue weighted by atomic mass is 19.2. The number of hydrogen-bond acceptors (Lipinski definition) is 2. The summed E-state index contributed by atoms with van der Waals surface area (Å²) in [5.74, 6) is -3.08. The van der Waals surface area contributed by atoms with Crippen LogP contribution >= 0.6 is 0 Å². The van der Waals surface area contributed by atoms with Gasteiger partial charge in [0.1, 0.15) is 5.69 Å². The molecule has 1 fully saturated rings. The van der Waals surface area contributed by atoms with Crippen LogP contribution in [0.2, 0.25) is 0 Å². The fraction of sp³-hybridized carbons (Fsp3) is 0.429. The summed E-state index contributed by atoms with van der Waals surface area (Å²) in [7, 11) is 0. The van der Waals surface area contributed by atoms with Crippen molar-refractivity contribution in [3.05, 3.63) is 29.3 Å². The normalized spacial score (nSPS) is 16.9. The molecule has 0 spiro atoms. The molecule has 0 bridgehead atoms. The average Bonchev–Trinajstić information content (AvgIpc) is 2.43. The van der Waals surface area contributed by atoms with Crippen molar-refractivity contribution in [3.8, 4) is 12.3 Å². The number of halogens is 4.